The molecule has 0 heterocycles. The van der Waals surface area contributed by atoms with Crippen LogP contribution in [0.5, 0.6) is 0 Å². The van der Waals surface area contributed by atoms with Gasteiger partial charge in [-0.15, -0.1) is 12.3 Å². The zero-order valence-corrected chi connectivity index (χ0v) is 9.58. The van der Waals surface area contributed by atoms with Gasteiger partial charge in [0.05, 0.1) is 6.04 Å². The molecule has 3 heteroatoms. The van der Waals surface area contributed by atoms with Crippen LogP contribution in [0.15, 0.2) is 18.2 Å². The van der Waals surface area contributed by atoms with Gasteiger partial charge in [-0.1, -0.05) is 6.07 Å². The second kappa shape index (κ2) is 5.34. The smallest absolute Gasteiger partial charge is 0.242 e. The number of amides is 1. The van der Waals surface area contributed by atoms with Crippen LogP contribution in [-0.4, -0.2) is 11.9 Å². The number of aryl methyl sites for hydroxylation is 2. The van der Waals surface area contributed by atoms with Gasteiger partial charge in [-0.3, -0.25) is 4.79 Å². The molecule has 84 valence electrons. The predicted octanol–water partition coefficient (Wildman–Crippen LogP) is 1.59. The van der Waals surface area contributed by atoms with Crippen LogP contribution in [0.3, 0.4) is 0 Å². The average molecular weight is 216 g/mol. The Morgan fingerprint density at radius 2 is 2.19 bits per heavy atom. The van der Waals surface area contributed by atoms with Crippen LogP contribution in [0.4, 0.5) is 5.69 Å². The van der Waals surface area contributed by atoms with Gasteiger partial charge in [-0.25, -0.2) is 0 Å². The van der Waals surface area contributed by atoms with Crippen LogP contribution in [-0.2, 0) is 4.79 Å². The highest BCUT2D eigenvalue weighted by molar-refractivity contribution is 5.94. The van der Waals surface area contributed by atoms with Gasteiger partial charge < -0.3 is 11.1 Å². The lowest BCUT2D eigenvalue weighted by Gasteiger charge is -2.10. The highest BCUT2D eigenvalue weighted by Gasteiger charge is 2.11. The Balaban J connectivity index is 2.70. The Morgan fingerprint density at radius 3 is 2.75 bits per heavy atom. The van der Waals surface area contributed by atoms with Crippen LogP contribution in [0.1, 0.15) is 17.5 Å². The molecule has 0 saturated carbocycles. The maximum absolute atomic E-state index is 11.6. The molecule has 0 aliphatic heterocycles. The summed E-state index contributed by atoms with van der Waals surface area (Å²) in [6, 6.07) is 5.07. The van der Waals surface area contributed by atoms with Gasteiger partial charge in [0.15, 0.2) is 0 Å². The van der Waals surface area contributed by atoms with Crippen molar-refractivity contribution in [2.24, 2.45) is 5.73 Å². The van der Waals surface area contributed by atoms with Crippen molar-refractivity contribution >= 4 is 11.6 Å². The second-order valence-electron chi connectivity index (χ2n) is 3.80. The van der Waals surface area contributed by atoms with Crippen molar-refractivity contribution in [3.63, 3.8) is 0 Å². The summed E-state index contributed by atoms with van der Waals surface area (Å²) < 4.78 is 0. The molecule has 1 rings (SSSR count). The van der Waals surface area contributed by atoms with Crippen molar-refractivity contribution < 1.29 is 4.79 Å². The summed E-state index contributed by atoms with van der Waals surface area (Å²) in [6.45, 7) is 4.01. The Hall–Kier alpha value is -1.79. The number of nitrogens with one attached hydrogen (secondary N) is 1. The molecule has 0 spiro atoms. The molecule has 0 bridgehead atoms. The van der Waals surface area contributed by atoms with Gasteiger partial charge in [-0.2, -0.15) is 0 Å². The van der Waals surface area contributed by atoms with E-state index in [0.717, 1.165) is 11.3 Å². The minimum absolute atomic E-state index is 0.247. The van der Waals surface area contributed by atoms with Crippen molar-refractivity contribution in [3.8, 4) is 12.3 Å². The zero-order chi connectivity index (χ0) is 12.1. The van der Waals surface area contributed by atoms with Crippen LogP contribution in [0.25, 0.3) is 0 Å². The first-order chi connectivity index (χ1) is 7.54. The fourth-order valence-corrected chi connectivity index (χ4v) is 1.27. The van der Waals surface area contributed by atoms with E-state index in [2.05, 4.69) is 11.2 Å². The van der Waals surface area contributed by atoms with Crippen LogP contribution in [0.2, 0.25) is 0 Å². The van der Waals surface area contributed by atoms with Crippen molar-refractivity contribution in [3.05, 3.63) is 29.3 Å². The Labute approximate surface area is 96.0 Å². The highest BCUT2D eigenvalue weighted by atomic mass is 16.2. The molecule has 1 atom stereocenters. The van der Waals surface area contributed by atoms with E-state index >= 15 is 0 Å². The summed E-state index contributed by atoms with van der Waals surface area (Å²) in [7, 11) is 0. The van der Waals surface area contributed by atoms with E-state index in [4.69, 9.17) is 12.2 Å². The first-order valence-corrected chi connectivity index (χ1v) is 5.11. The minimum Gasteiger partial charge on any atom is -0.325 e. The first-order valence-electron chi connectivity index (χ1n) is 5.11. The lowest BCUT2D eigenvalue weighted by molar-refractivity contribution is -0.117. The third-order valence-corrected chi connectivity index (χ3v) is 2.45. The molecule has 3 N–H and O–H groups in total. The Morgan fingerprint density at radius 1 is 1.50 bits per heavy atom. The third kappa shape index (κ3) is 3.11. The number of benzene rings is 1. The standard InChI is InChI=1S/C13H16N2O/c1-4-5-12(14)13(16)15-11-7-6-9(2)10(3)8-11/h1,6-8,12H,5,14H2,2-3H3,(H,15,16). The summed E-state index contributed by atoms with van der Waals surface area (Å²) in [5.41, 5.74) is 8.65. The van der Waals surface area contributed by atoms with Gasteiger partial charge in [0.2, 0.25) is 5.91 Å². The maximum atomic E-state index is 11.6. The average Bonchev–Trinajstić information content (AvgIpc) is 2.24. The van der Waals surface area contributed by atoms with E-state index < -0.39 is 6.04 Å². The first kappa shape index (κ1) is 12.3. The van der Waals surface area contributed by atoms with Crippen molar-refractivity contribution in [1.29, 1.82) is 0 Å². The largest absolute Gasteiger partial charge is 0.325 e. The molecule has 0 aliphatic rings. The Kier molecular flexibility index (Phi) is 4.10. The number of carbonyl (C=O) groups excluding carboxylic acids is 1. The Bertz CT molecular complexity index is 432. The fraction of sp³-hybridized carbons (Fsp3) is 0.308. The van der Waals surface area contributed by atoms with Gasteiger partial charge in [0.25, 0.3) is 0 Å². The quantitative estimate of drug-likeness (QED) is 0.754. The SMILES string of the molecule is C#CCC(N)C(=O)Nc1ccc(C)c(C)c1. The monoisotopic (exact) mass is 216 g/mol. The highest BCUT2D eigenvalue weighted by Crippen LogP contribution is 2.14. The molecule has 16 heavy (non-hydrogen) atoms. The molecule has 0 radical (unpaired) electrons. The molecule has 1 aromatic rings. The number of nitrogens with two attached hydrogens (primary N) is 1. The zero-order valence-electron chi connectivity index (χ0n) is 9.58. The molecular formula is C13H16N2O. The van der Waals surface area contributed by atoms with Crippen LogP contribution >= 0.6 is 0 Å². The van der Waals surface area contributed by atoms with Crippen LogP contribution in [0, 0.1) is 26.2 Å². The van der Waals surface area contributed by atoms with E-state index in [9.17, 15) is 4.79 Å². The molecule has 1 unspecified atom stereocenters. The van der Waals surface area contributed by atoms with E-state index in [1.54, 1.807) is 0 Å². The molecule has 0 saturated heterocycles. The van der Waals surface area contributed by atoms with Crippen molar-refractivity contribution in [2.75, 3.05) is 5.32 Å². The topological polar surface area (TPSA) is 55.1 Å². The number of carbonyl (C=O) groups is 1. The molecule has 0 aromatic heterocycles. The van der Waals surface area contributed by atoms with E-state index in [1.807, 2.05) is 32.0 Å². The lowest BCUT2D eigenvalue weighted by Crippen LogP contribution is -2.35. The van der Waals surface area contributed by atoms with Gasteiger partial charge in [0.1, 0.15) is 0 Å². The molecule has 1 amide bonds. The second-order valence-corrected chi connectivity index (χ2v) is 3.80. The molecule has 0 aliphatic carbocycles. The normalized spacial score (nSPS) is 11.6. The van der Waals surface area contributed by atoms with E-state index in [-0.39, 0.29) is 12.3 Å². The number of hydrogen-bond acceptors (Lipinski definition) is 2. The molecular weight excluding hydrogens is 200 g/mol. The van der Waals surface area contributed by atoms with Gasteiger partial charge >= 0.3 is 0 Å². The van der Waals surface area contributed by atoms with Gasteiger partial charge in [-0.05, 0) is 37.1 Å². The number of hydrogen-bond donors (Lipinski definition) is 2. The summed E-state index contributed by atoms with van der Waals surface area (Å²) in [6.07, 6.45) is 5.34. The summed E-state index contributed by atoms with van der Waals surface area (Å²) in [4.78, 5) is 11.6. The lowest BCUT2D eigenvalue weighted by atomic mass is 10.1. The number of terminal acetylenes is 1. The third-order valence-electron chi connectivity index (χ3n) is 2.45. The molecule has 3 nitrogen and oxygen atoms in total. The fourth-order valence-electron chi connectivity index (χ4n) is 1.27. The minimum atomic E-state index is -0.647. The molecule has 1 aromatic carbocycles. The van der Waals surface area contributed by atoms with Crippen molar-refractivity contribution in [2.45, 2.75) is 26.3 Å². The number of rotatable bonds is 3. The maximum Gasteiger partial charge on any atom is 0.242 e. The van der Waals surface area contributed by atoms with Crippen LogP contribution < -0.4 is 11.1 Å². The van der Waals surface area contributed by atoms with Crippen molar-refractivity contribution in [1.82, 2.24) is 0 Å². The predicted molar refractivity (Wildman–Crippen MR) is 66.0 cm³/mol. The summed E-state index contributed by atoms with van der Waals surface area (Å²) >= 11 is 0. The van der Waals surface area contributed by atoms with E-state index in [1.165, 1.54) is 5.56 Å². The summed E-state index contributed by atoms with van der Waals surface area (Å²) in [5, 5.41) is 2.74. The number of anilines is 1. The van der Waals surface area contributed by atoms with Gasteiger partial charge in [0, 0.05) is 12.1 Å². The van der Waals surface area contributed by atoms with E-state index in [0.29, 0.717) is 0 Å². The molecule has 0 fully saturated rings. The summed E-state index contributed by atoms with van der Waals surface area (Å²) in [5.74, 6) is 2.12.